The predicted molar refractivity (Wildman–Crippen MR) is 104 cm³/mol. The summed E-state index contributed by atoms with van der Waals surface area (Å²) in [5.74, 6) is 1.52. The van der Waals surface area contributed by atoms with Gasteiger partial charge in [-0.1, -0.05) is 24.3 Å². The molecule has 1 aromatic carbocycles. The van der Waals surface area contributed by atoms with Crippen LogP contribution in [0.1, 0.15) is 39.7 Å². The maximum absolute atomic E-state index is 4.44. The Morgan fingerprint density at radius 2 is 2.08 bits per heavy atom. The Morgan fingerprint density at radius 3 is 2.96 bits per heavy atom. The fourth-order valence-electron chi connectivity index (χ4n) is 3.73. The highest BCUT2D eigenvalue weighted by atomic mass is 32.1. The van der Waals surface area contributed by atoms with Crippen LogP contribution >= 0.6 is 11.3 Å². The van der Waals surface area contributed by atoms with Crippen molar-refractivity contribution in [2.45, 2.75) is 32.2 Å². The second kappa shape index (κ2) is 6.21. The Hall–Kier alpha value is -2.73. The van der Waals surface area contributed by atoms with Crippen LogP contribution in [0.15, 0.2) is 48.1 Å². The van der Waals surface area contributed by atoms with Crippen LogP contribution in [-0.2, 0) is 12.8 Å². The summed E-state index contributed by atoms with van der Waals surface area (Å²) < 4.78 is 1.76. The molecule has 130 valence electrons. The van der Waals surface area contributed by atoms with Crippen molar-refractivity contribution in [1.29, 1.82) is 0 Å². The first-order valence-corrected chi connectivity index (χ1v) is 9.75. The number of anilines is 1. The summed E-state index contributed by atoms with van der Waals surface area (Å²) in [4.78, 5) is 9.95. The smallest absolute Gasteiger partial charge is 0.254 e. The van der Waals surface area contributed by atoms with Crippen LogP contribution in [0.3, 0.4) is 0 Å². The van der Waals surface area contributed by atoms with E-state index in [1.54, 1.807) is 22.2 Å². The second-order valence-electron chi connectivity index (χ2n) is 6.73. The Kier molecular flexibility index (Phi) is 3.71. The molecule has 1 N–H and O–H groups in total. The monoisotopic (exact) mass is 361 g/mol. The third-order valence-electron chi connectivity index (χ3n) is 4.96. The van der Waals surface area contributed by atoms with Gasteiger partial charge in [0.15, 0.2) is 0 Å². The van der Waals surface area contributed by atoms with Gasteiger partial charge in [0.25, 0.3) is 5.78 Å². The van der Waals surface area contributed by atoms with Crippen molar-refractivity contribution < 1.29 is 0 Å². The van der Waals surface area contributed by atoms with Gasteiger partial charge in [0.05, 0.1) is 6.04 Å². The molecule has 0 unspecified atom stereocenters. The summed E-state index contributed by atoms with van der Waals surface area (Å²) in [6.07, 6.45) is 5.19. The number of nitrogens with one attached hydrogen (secondary N) is 1. The number of thiophene rings is 1. The van der Waals surface area contributed by atoms with Crippen molar-refractivity contribution in [2.75, 3.05) is 5.32 Å². The van der Waals surface area contributed by atoms with Crippen molar-refractivity contribution in [3.8, 4) is 0 Å². The van der Waals surface area contributed by atoms with Crippen molar-refractivity contribution in [1.82, 2.24) is 19.6 Å². The molecule has 0 radical (unpaired) electrons. The van der Waals surface area contributed by atoms with Crippen LogP contribution in [-0.4, -0.2) is 19.6 Å². The van der Waals surface area contributed by atoms with Crippen molar-refractivity contribution >= 4 is 22.9 Å². The maximum atomic E-state index is 4.44. The zero-order valence-corrected chi connectivity index (χ0v) is 15.3. The van der Waals surface area contributed by atoms with E-state index in [1.807, 2.05) is 13.0 Å². The third kappa shape index (κ3) is 2.66. The molecular formula is C20H19N5S. The number of fused-ring (bicyclic) bond motifs is 2. The topological polar surface area (TPSA) is 55.1 Å². The van der Waals surface area contributed by atoms with E-state index in [0.717, 1.165) is 11.5 Å². The molecule has 0 aliphatic heterocycles. The molecule has 4 aromatic rings. The predicted octanol–water partition coefficient (Wildman–Crippen LogP) is 4.18. The lowest BCUT2D eigenvalue weighted by Crippen LogP contribution is -2.15. The van der Waals surface area contributed by atoms with Gasteiger partial charge in [-0.05, 0) is 54.3 Å². The van der Waals surface area contributed by atoms with Gasteiger partial charge in [-0.15, -0.1) is 11.3 Å². The van der Waals surface area contributed by atoms with Gasteiger partial charge in [-0.2, -0.15) is 14.6 Å². The molecule has 1 atom stereocenters. The summed E-state index contributed by atoms with van der Waals surface area (Å²) >= 11 is 1.77. The Morgan fingerprint density at radius 1 is 1.15 bits per heavy atom. The van der Waals surface area contributed by atoms with Crippen molar-refractivity contribution in [3.05, 3.63) is 75.4 Å². The third-order valence-corrected chi connectivity index (χ3v) is 5.89. The molecule has 3 aromatic heterocycles. The van der Waals surface area contributed by atoms with Crippen LogP contribution in [0.25, 0.3) is 5.78 Å². The van der Waals surface area contributed by atoms with E-state index in [-0.39, 0.29) is 6.04 Å². The minimum atomic E-state index is 0.0788. The lowest BCUT2D eigenvalue weighted by atomic mass is 10.00. The van der Waals surface area contributed by atoms with E-state index in [1.165, 1.54) is 40.8 Å². The average Bonchev–Trinajstić information content (AvgIpc) is 3.38. The highest BCUT2D eigenvalue weighted by Gasteiger charge is 2.20. The summed E-state index contributed by atoms with van der Waals surface area (Å²) in [5, 5.41) is 10.1. The fourth-order valence-corrected chi connectivity index (χ4v) is 4.53. The number of aryl methyl sites for hydroxylation is 3. The molecule has 0 bridgehead atoms. The van der Waals surface area contributed by atoms with Gasteiger partial charge in [-0.3, -0.25) is 0 Å². The normalized spacial score (nSPS) is 14.5. The van der Waals surface area contributed by atoms with E-state index in [0.29, 0.717) is 5.78 Å². The fraction of sp³-hybridized carbons (Fsp3) is 0.250. The molecule has 5 rings (SSSR count). The van der Waals surface area contributed by atoms with E-state index < -0.39 is 0 Å². The SMILES string of the molecule is Cc1cc(N[C@H](c2ccc3c(c2)CCC3)c2cccs2)n2ncnc2n1. The molecule has 0 amide bonds. The zero-order chi connectivity index (χ0) is 17.5. The minimum absolute atomic E-state index is 0.0788. The summed E-state index contributed by atoms with van der Waals surface area (Å²) in [5.41, 5.74) is 5.20. The lowest BCUT2D eigenvalue weighted by molar-refractivity contribution is 0.876. The number of aromatic nitrogens is 4. The summed E-state index contributed by atoms with van der Waals surface area (Å²) in [6.45, 7) is 1.98. The largest absolute Gasteiger partial charge is 0.358 e. The number of nitrogens with zero attached hydrogens (tertiary/aromatic N) is 4. The van der Waals surface area contributed by atoms with Gasteiger partial charge in [0.1, 0.15) is 12.1 Å². The summed E-state index contributed by atoms with van der Waals surface area (Å²) in [6, 6.07) is 13.3. The molecule has 0 spiro atoms. The highest BCUT2D eigenvalue weighted by molar-refractivity contribution is 7.10. The van der Waals surface area contributed by atoms with Gasteiger partial charge < -0.3 is 5.32 Å². The Balaban J connectivity index is 1.60. The average molecular weight is 361 g/mol. The molecule has 0 saturated heterocycles. The number of hydrogen-bond acceptors (Lipinski definition) is 5. The maximum Gasteiger partial charge on any atom is 0.254 e. The second-order valence-corrected chi connectivity index (χ2v) is 7.71. The van der Waals surface area contributed by atoms with Crippen molar-refractivity contribution in [3.63, 3.8) is 0 Å². The van der Waals surface area contributed by atoms with Gasteiger partial charge in [-0.25, -0.2) is 4.98 Å². The Labute approximate surface area is 155 Å². The molecular weight excluding hydrogens is 342 g/mol. The molecule has 26 heavy (non-hydrogen) atoms. The highest BCUT2D eigenvalue weighted by Crippen LogP contribution is 2.33. The van der Waals surface area contributed by atoms with E-state index >= 15 is 0 Å². The van der Waals surface area contributed by atoms with Gasteiger partial charge in [0, 0.05) is 16.6 Å². The lowest BCUT2D eigenvalue weighted by Gasteiger charge is -2.21. The van der Waals surface area contributed by atoms with Crippen LogP contribution in [0, 0.1) is 6.92 Å². The number of hydrogen-bond donors (Lipinski definition) is 1. The first kappa shape index (κ1) is 15.5. The van der Waals surface area contributed by atoms with Crippen molar-refractivity contribution in [2.24, 2.45) is 0 Å². The van der Waals surface area contributed by atoms with Crippen LogP contribution in [0.4, 0.5) is 5.82 Å². The van der Waals surface area contributed by atoms with E-state index in [9.17, 15) is 0 Å². The van der Waals surface area contributed by atoms with Crippen LogP contribution in [0.2, 0.25) is 0 Å². The van der Waals surface area contributed by atoms with E-state index in [4.69, 9.17) is 0 Å². The van der Waals surface area contributed by atoms with Crippen LogP contribution < -0.4 is 5.32 Å². The zero-order valence-electron chi connectivity index (χ0n) is 14.5. The molecule has 0 fully saturated rings. The van der Waals surface area contributed by atoms with Gasteiger partial charge in [0.2, 0.25) is 0 Å². The molecule has 6 heteroatoms. The van der Waals surface area contributed by atoms with E-state index in [2.05, 4.69) is 56.1 Å². The molecule has 1 aliphatic rings. The quantitative estimate of drug-likeness (QED) is 0.592. The molecule has 0 saturated carbocycles. The number of benzene rings is 1. The first-order valence-electron chi connectivity index (χ1n) is 8.87. The van der Waals surface area contributed by atoms with Crippen LogP contribution in [0.5, 0.6) is 0 Å². The first-order chi connectivity index (χ1) is 12.8. The summed E-state index contributed by atoms with van der Waals surface area (Å²) in [7, 11) is 0. The molecule has 1 aliphatic carbocycles. The Bertz CT molecular complexity index is 1070. The van der Waals surface area contributed by atoms with Gasteiger partial charge >= 0.3 is 0 Å². The molecule has 3 heterocycles. The minimum Gasteiger partial charge on any atom is -0.358 e. The standard InChI is InChI=1S/C20H19N5S/c1-13-10-18(25-20(23-13)21-12-22-25)24-19(17-6-3-9-26-17)16-8-7-14-4-2-5-15(14)11-16/h3,6-12,19,24H,2,4-5H2,1H3/t19-/m1/s1. The number of rotatable bonds is 4. The molecule has 5 nitrogen and oxygen atoms in total.